The van der Waals surface area contributed by atoms with Gasteiger partial charge in [-0.15, -0.1) is 6.58 Å². The van der Waals surface area contributed by atoms with Crippen LogP contribution in [-0.2, 0) is 4.74 Å². The van der Waals surface area contributed by atoms with E-state index in [2.05, 4.69) is 28.7 Å². The zero-order valence-corrected chi connectivity index (χ0v) is 10.4. The van der Waals surface area contributed by atoms with Crippen molar-refractivity contribution >= 4 is 5.96 Å². The lowest BCUT2D eigenvalue weighted by molar-refractivity contribution is 0.0264. The van der Waals surface area contributed by atoms with E-state index in [1.807, 2.05) is 13.1 Å². The summed E-state index contributed by atoms with van der Waals surface area (Å²) in [4.78, 5) is 6.54. The molecular formula is C12H23N3O. The molecular weight excluding hydrogens is 202 g/mol. The fraction of sp³-hybridized carbons (Fsp3) is 0.750. The number of guanidine groups is 1. The van der Waals surface area contributed by atoms with Gasteiger partial charge in [-0.1, -0.05) is 6.08 Å². The average Bonchev–Trinajstić information content (AvgIpc) is 2.32. The molecule has 0 aromatic heterocycles. The van der Waals surface area contributed by atoms with Crippen molar-refractivity contribution in [3.63, 3.8) is 0 Å². The smallest absolute Gasteiger partial charge is 0.193 e. The van der Waals surface area contributed by atoms with Crippen molar-refractivity contribution in [2.45, 2.75) is 25.9 Å². The monoisotopic (exact) mass is 225 g/mol. The second-order valence-electron chi connectivity index (χ2n) is 3.86. The van der Waals surface area contributed by atoms with Gasteiger partial charge < -0.3 is 15.0 Å². The van der Waals surface area contributed by atoms with Crippen molar-refractivity contribution < 1.29 is 4.74 Å². The van der Waals surface area contributed by atoms with E-state index in [1.54, 1.807) is 0 Å². The van der Waals surface area contributed by atoms with Crippen LogP contribution in [0.15, 0.2) is 17.6 Å². The third kappa shape index (κ3) is 3.85. The van der Waals surface area contributed by atoms with Crippen LogP contribution < -0.4 is 5.32 Å². The van der Waals surface area contributed by atoms with Crippen LogP contribution in [0.2, 0.25) is 0 Å². The Morgan fingerprint density at radius 2 is 2.25 bits per heavy atom. The predicted octanol–water partition coefficient (Wildman–Crippen LogP) is 1.25. The van der Waals surface area contributed by atoms with Gasteiger partial charge in [-0.25, -0.2) is 0 Å². The summed E-state index contributed by atoms with van der Waals surface area (Å²) >= 11 is 0. The van der Waals surface area contributed by atoms with Gasteiger partial charge in [0.25, 0.3) is 0 Å². The minimum Gasteiger partial charge on any atom is -0.378 e. The van der Waals surface area contributed by atoms with E-state index in [4.69, 9.17) is 4.74 Å². The van der Waals surface area contributed by atoms with E-state index in [9.17, 15) is 0 Å². The van der Waals surface area contributed by atoms with Gasteiger partial charge in [0.1, 0.15) is 0 Å². The van der Waals surface area contributed by atoms with Gasteiger partial charge in [-0.05, 0) is 19.8 Å². The molecule has 0 aromatic rings. The highest BCUT2D eigenvalue weighted by Gasteiger charge is 2.20. The second-order valence-corrected chi connectivity index (χ2v) is 3.86. The molecule has 1 heterocycles. The summed E-state index contributed by atoms with van der Waals surface area (Å²) in [7, 11) is 1.82. The molecule has 1 N–H and O–H groups in total. The Hall–Kier alpha value is -1.03. The quantitative estimate of drug-likeness (QED) is 0.444. The SMILES string of the molecule is C=CCNC(=NC)N1CCC(OCC)CC1. The highest BCUT2D eigenvalue weighted by atomic mass is 16.5. The molecule has 0 aromatic carbocycles. The Morgan fingerprint density at radius 1 is 1.56 bits per heavy atom. The maximum absolute atomic E-state index is 5.62. The van der Waals surface area contributed by atoms with E-state index >= 15 is 0 Å². The molecule has 0 atom stereocenters. The first-order valence-corrected chi connectivity index (χ1v) is 5.99. The fourth-order valence-electron chi connectivity index (χ4n) is 1.97. The Morgan fingerprint density at radius 3 is 2.75 bits per heavy atom. The second kappa shape index (κ2) is 7.28. The molecule has 16 heavy (non-hydrogen) atoms. The average molecular weight is 225 g/mol. The first-order valence-electron chi connectivity index (χ1n) is 5.99. The third-order valence-corrected chi connectivity index (χ3v) is 2.76. The van der Waals surface area contributed by atoms with Crippen LogP contribution in [0.5, 0.6) is 0 Å². The van der Waals surface area contributed by atoms with Crippen LogP contribution in [0.25, 0.3) is 0 Å². The van der Waals surface area contributed by atoms with Crippen LogP contribution in [-0.4, -0.2) is 50.3 Å². The van der Waals surface area contributed by atoms with Gasteiger partial charge in [0, 0.05) is 33.3 Å². The number of hydrogen-bond acceptors (Lipinski definition) is 2. The molecule has 0 aliphatic carbocycles. The van der Waals surface area contributed by atoms with Crippen molar-refractivity contribution in [2.75, 3.05) is 33.3 Å². The molecule has 92 valence electrons. The van der Waals surface area contributed by atoms with Crippen LogP contribution in [0.1, 0.15) is 19.8 Å². The lowest BCUT2D eigenvalue weighted by Gasteiger charge is -2.33. The summed E-state index contributed by atoms with van der Waals surface area (Å²) in [6.45, 7) is 9.35. The Labute approximate surface area is 98.4 Å². The van der Waals surface area contributed by atoms with E-state index in [0.717, 1.165) is 45.0 Å². The van der Waals surface area contributed by atoms with E-state index in [-0.39, 0.29) is 0 Å². The number of rotatable bonds is 4. The molecule has 4 nitrogen and oxygen atoms in total. The fourth-order valence-corrected chi connectivity index (χ4v) is 1.97. The zero-order chi connectivity index (χ0) is 11.8. The summed E-state index contributed by atoms with van der Waals surface area (Å²) in [5, 5.41) is 3.25. The van der Waals surface area contributed by atoms with Crippen molar-refractivity contribution in [3.05, 3.63) is 12.7 Å². The minimum absolute atomic E-state index is 0.429. The Bertz CT molecular complexity index is 232. The maximum atomic E-state index is 5.62. The van der Waals surface area contributed by atoms with Crippen molar-refractivity contribution in [2.24, 2.45) is 4.99 Å². The molecule has 1 aliphatic rings. The zero-order valence-electron chi connectivity index (χ0n) is 10.4. The topological polar surface area (TPSA) is 36.9 Å². The van der Waals surface area contributed by atoms with Gasteiger partial charge in [0.15, 0.2) is 5.96 Å². The van der Waals surface area contributed by atoms with Crippen molar-refractivity contribution in [1.29, 1.82) is 0 Å². The highest BCUT2D eigenvalue weighted by molar-refractivity contribution is 5.80. The molecule has 1 aliphatic heterocycles. The molecule has 0 unspecified atom stereocenters. The standard InChI is InChI=1S/C12H23N3O/c1-4-8-14-12(13-3)15-9-6-11(7-10-15)16-5-2/h4,11H,1,5-10H2,2-3H3,(H,13,14). The first-order chi connectivity index (χ1) is 7.81. The van der Waals surface area contributed by atoms with Crippen LogP contribution in [0, 0.1) is 0 Å². The van der Waals surface area contributed by atoms with Gasteiger partial charge in [0.2, 0.25) is 0 Å². The van der Waals surface area contributed by atoms with Crippen molar-refractivity contribution in [1.82, 2.24) is 10.2 Å². The highest BCUT2D eigenvalue weighted by Crippen LogP contribution is 2.13. The van der Waals surface area contributed by atoms with E-state index in [0.29, 0.717) is 6.10 Å². The summed E-state index contributed by atoms with van der Waals surface area (Å²) in [6, 6.07) is 0. The van der Waals surface area contributed by atoms with Crippen LogP contribution in [0.3, 0.4) is 0 Å². The van der Waals surface area contributed by atoms with E-state index in [1.165, 1.54) is 0 Å². The van der Waals surface area contributed by atoms with Crippen LogP contribution in [0.4, 0.5) is 0 Å². The number of nitrogens with one attached hydrogen (secondary N) is 1. The Kier molecular flexibility index (Phi) is 5.93. The first kappa shape index (κ1) is 13.0. The van der Waals surface area contributed by atoms with Gasteiger partial charge >= 0.3 is 0 Å². The molecule has 0 bridgehead atoms. The third-order valence-electron chi connectivity index (χ3n) is 2.76. The number of likely N-dealkylation sites (tertiary alicyclic amines) is 1. The van der Waals surface area contributed by atoms with Crippen LogP contribution >= 0.6 is 0 Å². The summed E-state index contributed by atoms with van der Waals surface area (Å²) in [6.07, 6.45) is 4.45. The molecule has 0 spiro atoms. The number of piperidine rings is 1. The molecule has 0 saturated carbocycles. The minimum atomic E-state index is 0.429. The number of hydrogen-bond donors (Lipinski definition) is 1. The molecule has 4 heteroatoms. The molecule has 1 saturated heterocycles. The molecule has 1 rings (SSSR count). The largest absolute Gasteiger partial charge is 0.378 e. The lowest BCUT2D eigenvalue weighted by Crippen LogP contribution is -2.47. The molecule has 0 radical (unpaired) electrons. The number of nitrogens with zero attached hydrogens (tertiary/aromatic N) is 2. The normalized spacial score (nSPS) is 18.6. The van der Waals surface area contributed by atoms with E-state index < -0.39 is 0 Å². The number of aliphatic imine (C=N–C) groups is 1. The van der Waals surface area contributed by atoms with Gasteiger partial charge in [0.05, 0.1) is 6.10 Å². The maximum Gasteiger partial charge on any atom is 0.193 e. The van der Waals surface area contributed by atoms with Gasteiger partial charge in [-0.3, -0.25) is 4.99 Å². The lowest BCUT2D eigenvalue weighted by atomic mass is 10.1. The number of ether oxygens (including phenoxy) is 1. The Balaban J connectivity index is 2.36. The van der Waals surface area contributed by atoms with Gasteiger partial charge in [-0.2, -0.15) is 0 Å². The summed E-state index contributed by atoms with van der Waals surface area (Å²) in [5.41, 5.74) is 0. The molecule has 1 fully saturated rings. The summed E-state index contributed by atoms with van der Waals surface area (Å²) in [5.74, 6) is 0.967. The molecule has 0 amide bonds. The summed E-state index contributed by atoms with van der Waals surface area (Å²) < 4.78 is 5.62. The van der Waals surface area contributed by atoms with Crippen molar-refractivity contribution in [3.8, 4) is 0 Å². The predicted molar refractivity (Wildman–Crippen MR) is 67.8 cm³/mol.